The first-order chi connectivity index (χ1) is 6.27. The maximum atomic E-state index is 10.4. The maximum Gasteiger partial charge on any atom is 0.279 e. The van der Waals surface area contributed by atoms with Gasteiger partial charge in [-0.25, -0.2) is 5.90 Å². The molecular weight excluding hydrogens is 176 g/mol. The molecule has 0 unspecified atom stereocenters. The highest BCUT2D eigenvalue weighted by molar-refractivity contribution is 5.48. The lowest BCUT2D eigenvalue weighted by Crippen LogP contribution is -2.06. The van der Waals surface area contributed by atoms with E-state index in [1.165, 1.54) is 6.07 Å². The number of rotatable bonds is 1. The van der Waals surface area contributed by atoms with Gasteiger partial charge in [-0.2, -0.15) is 0 Å². The molecule has 2 bridgehead atoms. The molecule has 0 aliphatic carbocycles. The van der Waals surface area contributed by atoms with Crippen LogP contribution in [0.5, 0.6) is 5.75 Å². The van der Waals surface area contributed by atoms with E-state index < -0.39 is 0 Å². The fraction of sp³-hybridized carbons (Fsp3) is 0.143. The minimum Gasteiger partial charge on any atom is -0.488 e. The van der Waals surface area contributed by atoms with Crippen molar-refractivity contribution >= 4 is 5.69 Å². The molecule has 6 nitrogen and oxygen atoms in total. The third-order valence-corrected chi connectivity index (χ3v) is 1.65. The molecule has 70 valence electrons. The second-order valence-electron chi connectivity index (χ2n) is 2.34. The number of hydrogen-bond donors (Lipinski definition) is 2. The summed E-state index contributed by atoms with van der Waals surface area (Å²) in [6, 6.07) is 4.89. The average molecular weight is 184 g/mol. The molecule has 13 heavy (non-hydrogen) atoms. The van der Waals surface area contributed by atoms with Crippen LogP contribution < -0.4 is 10.6 Å². The zero-order valence-corrected chi connectivity index (χ0v) is 6.64. The number of ether oxygens (including phenoxy) is 1. The normalized spacial score (nSPS) is 11.2. The topological polar surface area (TPSA) is 98.6 Å². The van der Waals surface area contributed by atoms with E-state index in [2.05, 4.69) is 5.90 Å². The Morgan fingerprint density at radius 2 is 2.23 bits per heavy atom. The zero-order chi connectivity index (χ0) is 9.84. The van der Waals surface area contributed by atoms with Crippen LogP contribution in [0.15, 0.2) is 18.2 Å². The van der Waals surface area contributed by atoms with Crippen LogP contribution in [0, 0.1) is 10.1 Å². The van der Waals surface area contributed by atoms with Crippen LogP contribution in [-0.4, -0.2) is 10.1 Å². The van der Waals surface area contributed by atoms with Gasteiger partial charge in [-0.1, -0.05) is 0 Å². The van der Waals surface area contributed by atoms with E-state index in [9.17, 15) is 10.1 Å². The monoisotopic (exact) mass is 184 g/mol. The zero-order valence-electron chi connectivity index (χ0n) is 6.64. The largest absolute Gasteiger partial charge is 0.488 e. The number of hydrogen-bond acceptors (Lipinski definition) is 5. The van der Waals surface area contributed by atoms with Gasteiger partial charge in [-0.3, -0.25) is 10.1 Å². The first-order valence-corrected chi connectivity index (χ1v) is 3.43. The number of benzene rings is 1. The molecule has 0 saturated heterocycles. The van der Waals surface area contributed by atoms with E-state index in [0.717, 1.165) is 0 Å². The second-order valence-corrected chi connectivity index (χ2v) is 2.34. The Bertz CT molecular complexity index is 326. The lowest BCUT2D eigenvalue weighted by Gasteiger charge is -2.13. The van der Waals surface area contributed by atoms with Crippen LogP contribution >= 0.6 is 0 Å². The smallest absolute Gasteiger partial charge is 0.279 e. The van der Waals surface area contributed by atoms with Crippen molar-refractivity contribution in [1.82, 2.24) is 0 Å². The molecule has 0 spiro atoms. The Morgan fingerprint density at radius 3 is 2.46 bits per heavy atom. The van der Waals surface area contributed by atoms with Crippen molar-refractivity contribution in [1.29, 1.82) is 0 Å². The van der Waals surface area contributed by atoms with Crippen molar-refractivity contribution in [2.75, 3.05) is 0 Å². The highest BCUT2D eigenvalue weighted by Gasteiger charge is 2.19. The van der Waals surface area contributed by atoms with E-state index in [1.807, 2.05) is 0 Å². The average Bonchev–Trinajstić information content (AvgIpc) is 2.22. The number of nitro benzene ring substituents is 1. The standard InChI is InChI=1S/C7H5NO3.H3NO/c9-8(10)7-3-6-2-1-5(7)4-11-6;1-2/h1-3H,4H2;2H,1H2. The third kappa shape index (κ3) is 1.74. The second kappa shape index (κ2) is 3.83. The quantitative estimate of drug-likeness (QED) is 0.497. The molecule has 6 heteroatoms. The van der Waals surface area contributed by atoms with E-state index in [0.29, 0.717) is 17.9 Å². The molecule has 1 aromatic carbocycles. The summed E-state index contributed by atoms with van der Waals surface area (Å²) in [6.45, 7) is 0.332. The summed E-state index contributed by atoms with van der Waals surface area (Å²) in [6.07, 6.45) is 0. The molecule has 0 atom stereocenters. The summed E-state index contributed by atoms with van der Waals surface area (Å²) in [5.41, 5.74) is 0.804. The summed E-state index contributed by atoms with van der Waals surface area (Å²) in [7, 11) is 0. The summed E-state index contributed by atoms with van der Waals surface area (Å²) >= 11 is 0. The SMILES string of the molecule is NO.O=[N+]([O-])c1cc2ccc1CO2. The fourth-order valence-corrected chi connectivity index (χ4v) is 1.09. The number of nitrogens with two attached hydrogens (primary N) is 1. The first kappa shape index (κ1) is 9.43. The van der Waals surface area contributed by atoms with Crippen LogP contribution in [0.25, 0.3) is 0 Å². The fourth-order valence-electron chi connectivity index (χ4n) is 1.09. The minimum absolute atomic E-state index is 0.161. The van der Waals surface area contributed by atoms with Crippen molar-refractivity contribution in [3.8, 4) is 5.75 Å². The number of nitrogens with zero attached hydrogens (tertiary/aromatic N) is 1. The van der Waals surface area contributed by atoms with Gasteiger partial charge in [0.25, 0.3) is 5.69 Å². The van der Waals surface area contributed by atoms with Gasteiger partial charge in [-0.05, 0) is 12.1 Å². The molecule has 0 saturated carbocycles. The van der Waals surface area contributed by atoms with Crippen LogP contribution in [0.2, 0.25) is 0 Å². The van der Waals surface area contributed by atoms with Gasteiger partial charge in [0.15, 0.2) is 0 Å². The van der Waals surface area contributed by atoms with Crippen LogP contribution in [0.3, 0.4) is 0 Å². The van der Waals surface area contributed by atoms with Gasteiger partial charge >= 0.3 is 0 Å². The van der Waals surface area contributed by atoms with Crippen molar-refractivity contribution in [2.45, 2.75) is 6.61 Å². The van der Waals surface area contributed by atoms with Crippen LogP contribution in [0.1, 0.15) is 5.56 Å². The van der Waals surface area contributed by atoms with Gasteiger partial charge in [0.1, 0.15) is 12.4 Å². The minimum atomic E-state index is -0.388. The van der Waals surface area contributed by atoms with Crippen LogP contribution in [-0.2, 0) is 6.61 Å². The predicted molar refractivity (Wildman–Crippen MR) is 43.4 cm³/mol. The van der Waals surface area contributed by atoms with Crippen molar-refractivity contribution in [3.05, 3.63) is 33.9 Å². The molecule has 3 N–H and O–H groups in total. The molecule has 0 radical (unpaired) electrons. The molecule has 0 amide bonds. The van der Waals surface area contributed by atoms with Gasteiger partial charge in [-0.15, -0.1) is 0 Å². The lowest BCUT2D eigenvalue weighted by atomic mass is 10.1. The third-order valence-electron chi connectivity index (χ3n) is 1.65. The number of fused-ring (bicyclic) bond motifs is 3. The Hall–Kier alpha value is -1.66. The van der Waals surface area contributed by atoms with E-state index in [1.54, 1.807) is 12.1 Å². The highest BCUT2D eigenvalue weighted by Crippen LogP contribution is 2.30. The molecular formula is C7H8N2O4. The Labute approximate surface area is 73.7 Å². The van der Waals surface area contributed by atoms with Gasteiger partial charge in [0.2, 0.25) is 0 Å². The number of nitro groups is 1. The van der Waals surface area contributed by atoms with E-state index in [4.69, 9.17) is 9.94 Å². The van der Waals surface area contributed by atoms with Crippen LogP contribution in [0.4, 0.5) is 5.69 Å². The highest BCUT2D eigenvalue weighted by atomic mass is 16.6. The predicted octanol–water partition coefficient (Wildman–Crippen LogP) is 0.822. The summed E-state index contributed by atoms with van der Waals surface area (Å²) in [5, 5.41) is 16.9. The van der Waals surface area contributed by atoms with Gasteiger partial charge in [0.05, 0.1) is 16.6 Å². The van der Waals surface area contributed by atoms with Crippen molar-refractivity contribution < 1.29 is 14.9 Å². The summed E-state index contributed by atoms with van der Waals surface area (Å²) < 4.78 is 5.07. The van der Waals surface area contributed by atoms with E-state index >= 15 is 0 Å². The maximum absolute atomic E-state index is 10.4. The molecule has 2 aliphatic rings. The Morgan fingerprint density at radius 1 is 1.54 bits per heavy atom. The Balaban J connectivity index is 0.000000396. The molecule has 0 aromatic heterocycles. The summed E-state index contributed by atoms with van der Waals surface area (Å²) in [5.74, 6) is 4.08. The van der Waals surface area contributed by atoms with Gasteiger partial charge < -0.3 is 9.94 Å². The lowest BCUT2D eigenvalue weighted by molar-refractivity contribution is -0.386. The molecule has 2 heterocycles. The van der Waals surface area contributed by atoms with E-state index in [-0.39, 0.29) is 10.6 Å². The molecule has 0 fully saturated rings. The molecule has 1 aromatic rings. The van der Waals surface area contributed by atoms with Crippen molar-refractivity contribution in [2.24, 2.45) is 5.90 Å². The molecule has 2 aliphatic heterocycles. The first-order valence-electron chi connectivity index (χ1n) is 3.43. The van der Waals surface area contributed by atoms with Crippen molar-refractivity contribution in [3.63, 3.8) is 0 Å². The molecule has 3 rings (SSSR count). The summed E-state index contributed by atoms with van der Waals surface area (Å²) in [4.78, 5) is 9.97. The van der Waals surface area contributed by atoms with Gasteiger partial charge in [0, 0.05) is 0 Å². The Kier molecular flexibility index (Phi) is 2.78.